The molecule has 0 aliphatic rings. The molecule has 0 saturated carbocycles. The maximum Gasteiger partial charge on any atom is 0.241 e. The van der Waals surface area contributed by atoms with Crippen molar-refractivity contribution in [1.29, 1.82) is 0 Å². The Bertz CT molecular complexity index is 554. The van der Waals surface area contributed by atoms with Gasteiger partial charge in [0.05, 0.1) is 6.04 Å². The summed E-state index contributed by atoms with van der Waals surface area (Å²) in [6.07, 6.45) is 2.67. The van der Waals surface area contributed by atoms with Crippen LogP contribution in [0.1, 0.15) is 45.2 Å². The molecular weight excluding hydrogens is 286 g/mol. The molecule has 0 aromatic heterocycles. The second kappa shape index (κ2) is 7.59. The number of sulfone groups is 1. The van der Waals surface area contributed by atoms with Crippen LogP contribution in [0.15, 0.2) is 30.3 Å². The van der Waals surface area contributed by atoms with Crippen molar-refractivity contribution in [2.45, 2.75) is 44.9 Å². The lowest BCUT2D eigenvalue weighted by molar-refractivity contribution is -0.133. The Morgan fingerprint density at radius 1 is 1.19 bits per heavy atom. The molecule has 1 amide bonds. The Labute approximate surface area is 128 Å². The minimum Gasteiger partial charge on any atom is -0.335 e. The molecule has 1 rings (SSSR count). The van der Waals surface area contributed by atoms with Gasteiger partial charge in [-0.1, -0.05) is 44.2 Å². The minimum atomic E-state index is -3.38. The maximum atomic E-state index is 12.6. The van der Waals surface area contributed by atoms with Crippen LogP contribution < -0.4 is 0 Å². The zero-order valence-corrected chi connectivity index (χ0v) is 14.1. The summed E-state index contributed by atoms with van der Waals surface area (Å²) < 4.78 is 23.4. The second-order valence-electron chi connectivity index (χ2n) is 5.34. The van der Waals surface area contributed by atoms with Crippen molar-refractivity contribution in [2.24, 2.45) is 0 Å². The van der Waals surface area contributed by atoms with Crippen molar-refractivity contribution >= 4 is 15.7 Å². The highest BCUT2D eigenvalue weighted by Gasteiger charge is 2.31. The lowest BCUT2D eigenvalue weighted by atomic mass is 10.0. The van der Waals surface area contributed by atoms with Crippen LogP contribution in [0.5, 0.6) is 0 Å². The number of nitrogens with zero attached hydrogens (tertiary/aromatic N) is 1. The largest absolute Gasteiger partial charge is 0.335 e. The fourth-order valence-corrected chi connectivity index (χ4v) is 2.89. The summed E-state index contributed by atoms with van der Waals surface area (Å²) in [7, 11) is -3.38. The minimum absolute atomic E-state index is 0.0807. The predicted octanol–water partition coefficient (Wildman–Crippen LogP) is 2.81. The SMILES string of the molecule is CCCN(C(=O)[C@H](C)S(C)(=O)=O)[C@@H](CC)c1ccccc1. The van der Waals surface area contributed by atoms with E-state index in [1.54, 1.807) is 4.90 Å². The maximum absolute atomic E-state index is 12.6. The van der Waals surface area contributed by atoms with Gasteiger partial charge in [0.15, 0.2) is 9.84 Å². The summed E-state index contributed by atoms with van der Waals surface area (Å²) in [5.41, 5.74) is 1.04. The molecule has 0 spiro atoms. The molecule has 0 aliphatic heterocycles. The van der Waals surface area contributed by atoms with Crippen molar-refractivity contribution in [3.63, 3.8) is 0 Å². The molecule has 0 unspecified atom stereocenters. The number of carbonyl (C=O) groups is 1. The lowest BCUT2D eigenvalue weighted by Crippen LogP contribution is -2.43. The van der Waals surface area contributed by atoms with Crippen LogP contribution in [0.25, 0.3) is 0 Å². The summed E-state index contributed by atoms with van der Waals surface area (Å²) in [6.45, 7) is 6.03. The third-order valence-corrected chi connectivity index (χ3v) is 5.17. The van der Waals surface area contributed by atoms with Gasteiger partial charge in [-0.25, -0.2) is 8.42 Å². The number of benzene rings is 1. The van der Waals surface area contributed by atoms with Gasteiger partial charge < -0.3 is 4.90 Å². The van der Waals surface area contributed by atoms with Crippen LogP contribution in [0.2, 0.25) is 0 Å². The quantitative estimate of drug-likeness (QED) is 0.778. The average molecular weight is 311 g/mol. The molecule has 1 aromatic carbocycles. The molecule has 21 heavy (non-hydrogen) atoms. The van der Waals surface area contributed by atoms with Crippen LogP contribution in [-0.4, -0.2) is 37.3 Å². The summed E-state index contributed by atoms with van der Waals surface area (Å²) in [5.74, 6) is -0.310. The van der Waals surface area contributed by atoms with E-state index >= 15 is 0 Å². The molecule has 0 fully saturated rings. The average Bonchev–Trinajstić information content (AvgIpc) is 2.46. The normalized spacial score (nSPS) is 14.5. The topological polar surface area (TPSA) is 54.5 Å². The van der Waals surface area contributed by atoms with Gasteiger partial charge in [-0.15, -0.1) is 0 Å². The van der Waals surface area contributed by atoms with Crippen LogP contribution in [0.3, 0.4) is 0 Å². The summed E-state index contributed by atoms with van der Waals surface area (Å²) in [5, 5.41) is -0.998. The molecule has 118 valence electrons. The van der Waals surface area contributed by atoms with Crippen LogP contribution in [-0.2, 0) is 14.6 Å². The number of amides is 1. The van der Waals surface area contributed by atoms with Crippen LogP contribution >= 0.6 is 0 Å². The van der Waals surface area contributed by atoms with Gasteiger partial charge in [0.1, 0.15) is 5.25 Å². The van der Waals surface area contributed by atoms with Gasteiger partial charge in [-0.3, -0.25) is 4.79 Å². The monoisotopic (exact) mass is 311 g/mol. The Kier molecular flexibility index (Phi) is 6.40. The van der Waals surface area contributed by atoms with E-state index in [0.717, 1.165) is 24.7 Å². The first-order valence-electron chi connectivity index (χ1n) is 7.37. The molecule has 5 heteroatoms. The molecule has 0 N–H and O–H groups in total. The van der Waals surface area contributed by atoms with E-state index in [1.807, 2.05) is 44.2 Å². The Morgan fingerprint density at radius 2 is 1.76 bits per heavy atom. The zero-order chi connectivity index (χ0) is 16.0. The van der Waals surface area contributed by atoms with Gasteiger partial charge in [0, 0.05) is 12.8 Å². The number of carbonyl (C=O) groups excluding carboxylic acids is 1. The first kappa shape index (κ1) is 17.7. The Balaban J connectivity index is 3.12. The number of hydrogen-bond donors (Lipinski definition) is 0. The summed E-state index contributed by atoms with van der Waals surface area (Å²) in [6, 6.07) is 9.69. The second-order valence-corrected chi connectivity index (χ2v) is 7.70. The predicted molar refractivity (Wildman–Crippen MR) is 85.8 cm³/mol. The van der Waals surface area contributed by atoms with E-state index in [-0.39, 0.29) is 11.9 Å². The molecule has 4 nitrogen and oxygen atoms in total. The van der Waals surface area contributed by atoms with Gasteiger partial charge in [0.2, 0.25) is 5.91 Å². The van der Waals surface area contributed by atoms with Gasteiger partial charge in [0.25, 0.3) is 0 Å². The summed E-state index contributed by atoms with van der Waals surface area (Å²) >= 11 is 0. The molecular formula is C16H25NO3S. The highest BCUT2D eigenvalue weighted by molar-refractivity contribution is 7.92. The molecule has 0 radical (unpaired) electrons. The fourth-order valence-electron chi connectivity index (χ4n) is 2.39. The smallest absolute Gasteiger partial charge is 0.241 e. The van der Waals surface area contributed by atoms with Crippen LogP contribution in [0.4, 0.5) is 0 Å². The van der Waals surface area contributed by atoms with Gasteiger partial charge >= 0.3 is 0 Å². The van der Waals surface area contributed by atoms with E-state index in [0.29, 0.717) is 6.54 Å². The van der Waals surface area contributed by atoms with Crippen molar-refractivity contribution in [1.82, 2.24) is 4.90 Å². The van der Waals surface area contributed by atoms with E-state index in [2.05, 4.69) is 0 Å². The molecule has 0 aliphatic carbocycles. The molecule has 2 atom stereocenters. The van der Waals surface area contributed by atoms with Crippen molar-refractivity contribution in [3.05, 3.63) is 35.9 Å². The Hall–Kier alpha value is -1.36. The lowest BCUT2D eigenvalue weighted by Gasteiger charge is -2.33. The van der Waals surface area contributed by atoms with Gasteiger partial charge in [-0.05, 0) is 25.3 Å². The highest BCUT2D eigenvalue weighted by Crippen LogP contribution is 2.25. The Morgan fingerprint density at radius 3 is 2.19 bits per heavy atom. The number of rotatable bonds is 7. The molecule has 0 heterocycles. The van der Waals surface area contributed by atoms with E-state index in [4.69, 9.17) is 0 Å². The highest BCUT2D eigenvalue weighted by atomic mass is 32.2. The molecule has 0 saturated heterocycles. The van der Waals surface area contributed by atoms with Crippen LogP contribution in [0, 0.1) is 0 Å². The van der Waals surface area contributed by atoms with E-state index in [1.165, 1.54) is 6.92 Å². The number of hydrogen-bond acceptors (Lipinski definition) is 3. The van der Waals surface area contributed by atoms with E-state index in [9.17, 15) is 13.2 Å². The third-order valence-electron chi connectivity index (χ3n) is 3.68. The zero-order valence-electron chi connectivity index (χ0n) is 13.2. The van der Waals surface area contributed by atoms with Crippen molar-refractivity contribution in [3.8, 4) is 0 Å². The van der Waals surface area contributed by atoms with Crippen molar-refractivity contribution in [2.75, 3.05) is 12.8 Å². The summed E-state index contributed by atoms with van der Waals surface area (Å²) in [4.78, 5) is 14.3. The van der Waals surface area contributed by atoms with E-state index < -0.39 is 15.1 Å². The first-order chi connectivity index (χ1) is 9.82. The molecule has 0 bridgehead atoms. The standard InChI is InChI=1S/C16H25NO3S/c1-5-12-17(16(18)13(3)21(4,19)20)15(6-2)14-10-8-7-9-11-14/h7-11,13,15H,5-6,12H2,1-4H3/t13-,15-/m0/s1. The fraction of sp³-hybridized carbons (Fsp3) is 0.562. The first-order valence-corrected chi connectivity index (χ1v) is 9.32. The molecule has 1 aromatic rings. The third kappa shape index (κ3) is 4.56. The van der Waals surface area contributed by atoms with Gasteiger partial charge in [-0.2, -0.15) is 0 Å². The van der Waals surface area contributed by atoms with Crippen molar-refractivity contribution < 1.29 is 13.2 Å².